The Labute approximate surface area is 258 Å². The van der Waals surface area contributed by atoms with Crippen molar-refractivity contribution in [1.82, 2.24) is 25.3 Å². The summed E-state index contributed by atoms with van der Waals surface area (Å²) in [6.07, 6.45) is 1.63. The zero-order valence-electron chi connectivity index (χ0n) is 24.9. The number of nitriles is 1. The number of likely N-dealkylation sites (N-methyl/N-ethyl adjacent to an activating group) is 1. The van der Waals surface area contributed by atoms with Gasteiger partial charge in [0.05, 0.1) is 30.8 Å². The molecule has 2 aliphatic rings. The standard InChI is InChI=1S/C28H43N7O6S2/c1-33(21-23-6-4-3-5-7-23)22-24(20-29)30-26(36)25(8-17-42-2)31-27(35-10-14-40-15-11-35)32-28(37)41-16-9-34-12-18-43(38,39)19-13-34/h3-7,24-25H,8-19,21-22H2,1-2H3,(H,30,36)(H,31,32,37). The van der Waals surface area contributed by atoms with E-state index in [2.05, 4.69) is 21.7 Å². The number of morpholine rings is 1. The van der Waals surface area contributed by atoms with Gasteiger partial charge in [-0.05, 0) is 31.0 Å². The summed E-state index contributed by atoms with van der Waals surface area (Å²) in [6, 6.07) is 10.5. The number of rotatable bonds is 13. The molecule has 0 aliphatic carbocycles. The number of hydrogen-bond acceptors (Lipinski definition) is 11. The molecular weight excluding hydrogens is 594 g/mol. The molecule has 0 aromatic heterocycles. The number of benzene rings is 1. The number of aliphatic imine (C=N–C) groups is 1. The van der Waals surface area contributed by atoms with Crippen LogP contribution in [-0.2, 0) is 30.7 Å². The number of thioether (sulfide) groups is 1. The van der Waals surface area contributed by atoms with Crippen LogP contribution < -0.4 is 10.6 Å². The Bertz CT molecular complexity index is 1190. The summed E-state index contributed by atoms with van der Waals surface area (Å²) in [4.78, 5) is 36.6. The van der Waals surface area contributed by atoms with Crippen LogP contribution in [0.15, 0.2) is 35.3 Å². The Morgan fingerprint density at radius 2 is 1.88 bits per heavy atom. The number of nitrogens with zero attached hydrogens (tertiary/aromatic N) is 5. The third-order valence-electron chi connectivity index (χ3n) is 7.04. The maximum absolute atomic E-state index is 13.4. The molecule has 1 aromatic rings. The average molecular weight is 638 g/mol. The normalized spacial score (nSPS) is 18.8. The smallest absolute Gasteiger partial charge is 0.414 e. The predicted octanol–water partition coefficient (Wildman–Crippen LogP) is 0.393. The van der Waals surface area contributed by atoms with Gasteiger partial charge in [0.25, 0.3) is 0 Å². The van der Waals surface area contributed by atoms with Crippen molar-refractivity contribution in [2.45, 2.75) is 25.0 Å². The SMILES string of the molecule is CSCCC(N=C(NC(=O)OCCN1CCS(=O)(=O)CC1)N1CCOCC1)C(=O)NC(C#N)CN(C)Cc1ccccc1. The summed E-state index contributed by atoms with van der Waals surface area (Å²) >= 11 is 1.57. The van der Waals surface area contributed by atoms with Crippen LogP contribution in [0.4, 0.5) is 4.79 Å². The van der Waals surface area contributed by atoms with Gasteiger partial charge in [-0.25, -0.2) is 18.2 Å². The first-order chi connectivity index (χ1) is 20.7. The summed E-state index contributed by atoms with van der Waals surface area (Å²) < 4.78 is 34.1. The van der Waals surface area contributed by atoms with E-state index in [-0.39, 0.29) is 24.1 Å². The highest BCUT2D eigenvalue weighted by molar-refractivity contribution is 7.98. The zero-order chi connectivity index (χ0) is 31.1. The summed E-state index contributed by atoms with van der Waals surface area (Å²) in [6.45, 7) is 4.12. The Morgan fingerprint density at radius 3 is 2.53 bits per heavy atom. The van der Waals surface area contributed by atoms with Gasteiger partial charge in [-0.3, -0.25) is 19.9 Å². The van der Waals surface area contributed by atoms with Crippen molar-refractivity contribution in [3.63, 3.8) is 0 Å². The molecule has 0 radical (unpaired) electrons. The van der Waals surface area contributed by atoms with Crippen LogP contribution in [0.25, 0.3) is 0 Å². The van der Waals surface area contributed by atoms with Gasteiger partial charge in [-0.1, -0.05) is 30.3 Å². The molecule has 2 fully saturated rings. The number of sulfone groups is 1. The second-order valence-electron chi connectivity index (χ2n) is 10.5. The second kappa shape index (κ2) is 18.0. The highest BCUT2D eigenvalue weighted by Crippen LogP contribution is 2.10. The van der Waals surface area contributed by atoms with E-state index in [1.165, 1.54) is 0 Å². The van der Waals surface area contributed by atoms with Crippen LogP contribution in [0.2, 0.25) is 0 Å². The Balaban J connectivity index is 1.63. The van der Waals surface area contributed by atoms with Gasteiger partial charge in [-0.15, -0.1) is 0 Å². The highest BCUT2D eigenvalue weighted by Gasteiger charge is 2.26. The van der Waals surface area contributed by atoms with E-state index < -0.39 is 33.9 Å². The number of amides is 2. The van der Waals surface area contributed by atoms with Gasteiger partial charge < -0.3 is 19.7 Å². The number of carbonyl (C=O) groups is 2. The molecule has 13 nitrogen and oxygen atoms in total. The maximum atomic E-state index is 13.4. The van der Waals surface area contributed by atoms with E-state index in [0.29, 0.717) is 71.2 Å². The molecule has 2 N–H and O–H groups in total. The van der Waals surface area contributed by atoms with E-state index in [1.807, 2.05) is 58.3 Å². The molecule has 43 heavy (non-hydrogen) atoms. The van der Waals surface area contributed by atoms with E-state index >= 15 is 0 Å². The minimum atomic E-state index is -2.99. The number of nitrogens with one attached hydrogen (secondary N) is 2. The Kier molecular flexibility index (Phi) is 14.5. The van der Waals surface area contributed by atoms with Crippen LogP contribution >= 0.6 is 11.8 Å². The first-order valence-electron chi connectivity index (χ1n) is 14.4. The van der Waals surface area contributed by atoms with E-state index in [4.69, 9.17) is 9.47 Å². The maximum Gasteiger partial charge on any atom is 0.414 e. The number of hydrogen-bond donors (Lipinski definition) is 2. The van der Waals surface area contributed by atoms with E-state index in [0.717, 1.165) is 5.56 Å². The van der Waals surface area contributed by atoms with E-state index in [9.17, 15) is 23.3 Å². The number of alkyl carbamates (subject to hydrolysis) is 1. The number of guanidine groups is 1. The van der Waals surface area contributed by atoms with Crippen molar-refractivity contribution in [3.05, 3.63) is 35.9 Å². The van der Waals surface area contributed by atoms with Crippen molar-refractivity contribution in [2.24, 2.45) is 4.99 Å². The predicted molar refractivity (Wildman–Crippen MR) is 167 cm³/mol. The fraction of sp³-hybridized carbons (Fsp3) is 0.643. The molecule has 2 atom stereocenters. The van der Waals surface area contributed by atoms with Crippen molar-refractivity contribution >= 4 is 39.6 Å². The van der Waals surface area contributed by atoms with Crippen LogP contribution in [0.3, 0.4) is 0 Å². The van der Waals surface area contributed by atoms with E-state index in [1.54, 1.807) is 11.8 Å². The lowest BCUT2D eigenvalue weighted by molar-refractivity contribution is -0.122. The monoisotopic (exact) mass is 637 g/mol. The fourth-order valence-corrected chi connectivity index (χ4v) is 6.36. The lowest BCUT2D eigenvalue weighted by Crippen LogP contribution is -2.51. The first-order valence-corrected chi connectivity index (χ1v) is 17.6. The molecule has 1 aromatic carbocycles. The third-order valence-corrected chi connectivity index (χ3v) is 9.29. The molecule has 0 saturated carbocycles. The summed E-state index contributed by atoms with van der Waals surface area (Å²) in [7, 11) is -1.09. The van der Waals surface area contributed by atoms with Gasteiger partial charge in [0.1, 0.15) is 18.7 Å². The topological polar surface area (TPSA) is 157 Å². The van der Waals surface area contributed by atoms with Crippen molar-refractivity contribution < 1.29 is 27.5 Å². The van der Waals surface area contributed by atoms with Gasteiger partial charge in [0.15, 0.2) is 9.84 Å². The minimum Gasteiger partial charge on any atom is -0.448 e. The number of ether oxygens (including phenoxy) is 2. The van der Waals surface area contributed by atoms with Gasteiger partial charge in [-0.2, -0.15) is 17.0 Å². The van der Waals surface area contributed by atoms with Gasteiger partial charge in [0, 0.05) is 45.8 Å². The quantitative estimate of drug-likeness (QED) is 0.228. The van der Waals surface area contributed by atoms with Crippen molar-refractivity contribution in [1.29, 1.82) is 5.26 Å². The van der Waals surface area contributed by atoms with Crippen LogP contribution in [0.5, 0.6) is 0 Å². The van der Waals surface area contributed by atoms with Gasteiger partial charge in [0.2, 0.25) is 11.9 Å². The summed E-state index contributed by atoms with van der Waals surface area (Å²) in [5.41, 5.74) is 1.10. The molecule has 2 amide bonds. The molecule has 2 aliphatic heterocycles. The molecular formula is C28H43N7O6S2. The molecule has 0 spiro atoms. The first kappa shape index (κ1) is 34.6. The third kappa shape index (κ3) is 12.7. The molecule has 2 saturated heterocycles. The molecule has 2 unspecified atom stereocenters. The van der Waals surface area contributed by atoms with Crippen LogP contribution in [0, 0.1) is 11.3 Å². The minimum absolute atomic E-state index is 0.0824. The molecule has 238 valence electrons. The second-order valence-corrected chi connectivity index (χ2v) is 13.8. The molecule has 0 bridgehead atoms. The van der Waals surface area contributed by atoms with Crippen molar-refractivity contribution in [2.75, 3.05) is 89.7 Å². The van der Waals surface area contributed by atoms with Crippen LogP contribution in [0.1, 0.15) is 12.0 Å². The molecule has 2 heterocycles. The highest BCUT2D eigenvalue weighted by atomic mass is 32.2. The van der Waals surface area contributed by atoms with Crippen molar-refractivity contribution in [3.8, 4) is 6.07 Å². The molecule has 15 heteroatoms. The Morgan fingerprint density at radius 1 is 1.19 bits per heavy atom. The van der Waals surface area contributed by atoms with Gasteiger partial charge >= 0.3 is 6.09 Å². The molecule has 3 rings (SSSR count). The summed E-state index contributed by atoms with van der Waals surface area (Å²) in [5, 5.41) is 15.3. The summed E-state index contributed by atoms with van der Waals surface area (Å²) in [5.74, 6) is 0.674. The lowest BCUT2D eigenvalue weighted by Gasteiger charge is -2.30. The number of carbonyl (C=O) groups excluding carboxylic acids is 2. The Hall–Kier alpha value is -2.90. The largest absolute Gasteiger partial charge is 0.448 e. The fourth-order valence-electron chi connectivity index (χ4n) is 4.63. The zero-order valence-corrected chi connectivity index (χ0v) is 26.6. The average Bonchev–Trinajstić information content (AvgIpc) is 3.00. The lowest BCUT2D eigenvalue weighted by atomic mass is 10.2. The van der Waals surface area contributed by atoms with Crippen LogP contribution in [-0.4, -0.2) is 143 Å².